The molecule has 8 heterocycles. The molecule has 8 aromatic rings. The second-order valence-corrected chi connectivity index (χ2v) is 19.3. The van der Waals surface area contributed by atoms with Crippen LogP contribution in [0.3, 0.4) is 0 Å². The van der Waals surface area contributed by atoms with Crippen LogP contribution in [0, 0.1) is 16.8 Å². The van der Waals surface area contributed by atoms with Gasteiger partial charge in [0, 0.05) is 93.8 Å². The van der Waals surface area contributed by atoms with Crippen molar-refractivity contribution < 1.29 is 32.5 Å². The largest absolute Gasteiger partial charge is 0.633 e. The van der Waals surface area contributed by atoms with Gasteiger partial charge in [-0.15, -0.1) is 17.2 Å². The van der Waals surface area contributed by atoms with Gasteiger partial charge in [0.2, 0.25) is 0 Å². The molecular weight excluding hydrogens is 969 g/mol. The summed E-state index contributed by atoms with van der Waals surface area (Å²) in [6.45, 7) is 7.43. The summed E-state index contributed by atoms with van der Waals surface area (Å²) in [5, 5.41) is 44.9. The number of hydrogen-bond acceptors (Lipinski definition) is 18. The molecule has 23 heteroatoms. The van der Waals surface area contributed by atoms with Gasteiger partial charge in [-0.1, -0.05) is 14.4 Å². The number of anilines is 4. The van der Waals surface area contributed by atoms with Crippen molar-refractivity contribution in [2.24, 2.45) is 0 Å². The fourth-order valence-electron chi connectivity index (χ4n) is 8.46. The van der Waals surface area contributed by atoms with Crippen LogP contribution in [0.25, 0.3) is 43.5 Å². The summed E-state index contributed by atoms with van der Waals surface area (Å²) in [6.07, 6.45) is 10.3. The van der Waals surface area contributed by atoms with Crippen molar-refractivity contribution in [3.05, 3.63) is 136 Å². The summed E-state index contributed by atoms with van der Waals surface area (Å²) < 4.78 is 36.7. The molecule has 2 aliphatic rings. The zero-order valence-corrected chi connectivity index (χ0v) is 41.0. The zero-order valence-electron chi connectivity index (χ0n) is 38.8. The molecule has 2 fully saturated rings. The predicted octanol–water partition coefficient (Wildman–Crippen LogP) is 5.85. The van der Waals surface area contributed by atoms with E-state index < -0.39 is 40.0 Å². The smallest absolute Gasteiger partial charge is 0.441 e. The quantitative estimate of drug-likeness (QED) is 0.0602. The van der Waals surface area contributed by atoms with E-state index in [1.165, 1.54) is 42.6 Å². The average Bonchev–Trinajstić information content (AvgIpc) is 3.38. The van der Waals surface area contributed by atoms with Gasteiger partial charge in [-0.05, 0) is 77.6 Å². The lowest BCUT2D eigenvalue weighted by molar-refractivity contribution is -0.884. The molecule has 0 saturated carbocycles. The van der Waals surface area contributed by atoms with Crippen LogP contribution < -0.4 is 31.9 Å². The number of nitrogens with one attached hydrogen (secondary N) is 2. The number of nitrogens with zero attached hydrogens (tertiary/aromatic N) is 10. The molecule has 0 bridgehead atoms. The molecule has 0 spiro atoms. The topological polar surface area (TPSA) is 235 Å². The van der Waals surface area contributed by atoms with Crippen molar-refractivity contribution >= 4 is 84.0 Å². The third-order valence-corrected chi connectivity index (χ3v) is 13.7. The van der Waals surface area contributed by atoms with Gasteiger partial charge in [0.15, 0.2) is 0 Å². The van der Waals surface area contributed by atoms with Crippen molar-refractivity contribution in [1.29, 1.82) is 0 Å². The second kappa shape index (κ2) is 24.8. The molecule has 4 N–H and O–H groups in total. The minimum Gasteiger partial charge on any atom is -0.633 e. The van der Waals surface area contributed by atoms with E-state index in [2.05, 4.69) is 71.1 Å². The van der Waals surface area contributed by atoms with Crippen LogP contribution in [0.4, 0.5) is 32.1 Å². The van der Waals surface area contributed by atoms with Crippen LogP contribution in [0.15, 0.2) is 116 Å². The number of aliphatic hydroxyl groups excluding tert-OH is 2. The molecule has 0 amide bonds. The number of halogens is 2. The molecule has 2 aromatic carbocycles. The summed E-state index contributed by atoms with van der Waals surface area (Å²) in [5.74, 6) is -0.567. The molecule has 2 saturated heterocycles. The van der Waals surface area contributed by atoms with E-state index in [0.717, 1.165) is 67.6 Å². The Kier molecular flexibility index (Phi) is 18.4. The van der Waals surface area contributed by atoms with Gasteiger partial charge in [-0.2, -0.15) is 9.97 Å². The molecule has 4 unspecified atom stereocenters. The predicted molar refractivity (Wildman–Crippen MR) is 283 cm³/mol. The lowest BCUT2D eigenvalue weighted by atomic mass is 10.2. The maximum atomic E-state index is 13.6. The van der Waals surface area contributed by atoms with Crippen molar-refractivity contribution in [3.8, 4) is 0 Å². The molecule has 72 heavy (non-hydrogen) atoms. The van der Waals surface area contributed by atoms with Gasteiger partial charge in [0.25, 0.3) is 0 Å². The third kappa shape index (κ3) is 13.5. The van der Waals surface area contributed by atoms with Crippen LogP contribution >= 0.6 is 17.2 Å². The molecule has 6 aromatic heterocycles. The highest BCUT2D eigenvalue weighted by atomic mass is 32.0. The van der Waals surface area contributed by atoms with Crippen molar-refractivity contribution in [3.63, 3.8) is 0 Å². The van der Waals surface area contributed by atoms with Gasteiger partial charge >= 0.3 is 11.5 Å². The molecule has 380 valence electrons. The molecule has 10 rings (SSSR count). The van der Waals surface area contributed by atoms with E-state index in [1.54, 1.807) is 24.8 Å². The first kappa shape index (κ1) is 53.4. The minimum atomic E-state index is -0.999. The zero-order chi connectivity index (χ0) is 49.9. The maximum absolute atomic E-state index is 13.6. The Labute approximate surface area is 417 Å². The van der Waals surface area contributed by atoms with Crippen LogP contribution in [0.5, 0.6) is 0 Å². The summed E-state index contributed by atoms with van der Waals surface area (Å²) in [5.41, 5.74) is 0.417. The monoisotopic (exact) mass is 1030 g/mol. The Morgan fingerprint density at radius 1 is 0.708 bits per heavy atom. The maximum Gasteiger partial charge on any atom is 0.441 e. The van der Waals surface area contributed by atoms with Crippen molar-refractivity contribution in [2.45, 2.75) is 26.6 Å². The number of rotatable bonds is 13. The number of pyridine rings is 4. The Bertz CT molecular complexity index is 3190. The van der Waals surface area contributed by atoms with Crippen molar-refractivity contribution in [1.82, 2.24) is 34.8 Å². The number of hydroxylamine groups is 3. The first-order valence-corrected chi connectivity index (χ1v) is 26.0. The number of piperazine rings is 2. The minimum absolute atomic E-state index is 0. The lowest BCUT2D eigenvalue weighted by Crippen LogP contribution is -2.59. The second-order valence-electron chi connectivity index (χ2n) is 17.0. The fourth-order valence-corrected chi connectivity index (χ4v) is 8.46. The highest BCUT2D eigenvalue weighted by Crippen LogP contribution is 2.28. The first-order chi connectivity index (χ1) is 34.4. The SMILES string of the molecule is C.CCPP.O=c1nc(NCC(O)CN2CCN(c3nccc4ccncc34)CC2)c2cc(F)ccc2o1.O=c1nc(NCC(O)C[N+]2([O-])CCN(c3nccc4ccncc34)CC2)c2cc(F)ccc2o1. The highest BCUT2D eigenvalue weighted by Gasteiger charge is 2.30. The van der Waals surface area contributed by atoms with Crippen LogP contribution in [-0.2, 0) is 0 Å². The number of β-amino-alcohol motifs (C(OH)–C–C–N with tert-alkyl or cyclic N) is 1. The first-order valence-electron chi connectivity index (χ1n) is 23.0. The van der Waals surface area contributed by atoms with Gasteiger partial charge in [-0.3, -0.25) is 14.9 Å². The Morgan fingerprint density at radius 2 is 1.17 bits per heavy atom. The van der Waals surface area contributed by atoms with Gasteiger partial charge in [0.05, 0.1) is 43.1 Å². The molecule has 19 nitrogen and oxygen atoms in total. The highest BCUT2D eigenvalue weighted by molar-refractivity contribution is 8.02. The summed E-state index contributed by atoms with van der Waals surface area (Å²) >= 11 is 0. The van der Waals surface area contributed by atoms with Crippen LogP contribution in [0.2, 0.25) is 0 Å². The number of quaternary nitrogens is 1. The Balaban J connectivity index is 0.000000194. The standard InChI is InChI=1S/C23H23FN6O4.C23H23FN6O3.C2H8P2.CH4/c24-16-1-2-20-18(11-16)21(28-23(32)34-20)27-12-17(31)14-30(33)9-7-29(8-10-30)22-19-13-25-5-3-15(19)4-6-26-22;24-16-1-2-20-18(11-16)21(28-23(32)33-20)27-12-17(31)14-29-7-9-30(10-8-29)22-19-13-25-5-3-15(19)4-6-26-22;1-2-4-3;/h1-6,11,13,17,31H,7-10,12,14H2,(H,27,28,32);1-6,11,13,17,31H,7-10,12,14H2,(H,27,28,32);4H,2-3H2,1H3;1H4. The normalized spacial score (nSPS) is 15.7. The molecular formula is C49H58F2N12O7P2. The van der Waals surface area contributed by atoms with E-state index in [9.17, 15) is 33.8 Å². The van der Waals surface area contributed by atoms with E-state index in [1.807, 2.05) is 36.7 Å². The summed E-state index contributed by atoms with van der Waals surface area (Å²) in [7, 11) is 3.74. The number of fused-ring (bicyclic) bond motifs is 4. The molecule has 0 aliphatic carbocycles. The molecule has 2 aliphatic heterocycles. The summed E-state index contributed by atoms with van der Waals surface area (Å²) in [6, 6.07) is 15.4. The third-order valence-electron chi connectivity index (χ3n) is 12.0. The van der Waals surface area contributed by atoms with E-state index in [0.29, 0.717) is 25.0 Å². The molecule has 4 atom stereocenters. The lowest BCUT2D eigenvalue weighted by Gasteiger charge is -2.49. The number of benzene rings is 2. The van der Waals surface area contributed by atoms with Gasteiger partial charge in [-0.25, -0.2) is 28.3 Å². The molecule has 0 radical (unpaired) electrons. The van der Waals surface area contributed by atoms with E-state index in [4.69, 9.17) is 8.83 Å². The number of hydrogen-bond donors (Lipinski definition) is 4. The summed E-state index contributed by atoms with van der Waals surface area (Å²) in [4.78, 5) is 54.8. The fraction of sp³-hybridized carbons (Fsp3) is 0.347. The van der Waals surface area contributed by atoms with E-state index >= 15 is 0 Å². The number of aliphatic hydroxyl groups is 2. The average molecular weight is 1030 g/mol. The van der Waals surface area contributed by atoms with E-state index in [-0.39, 0.29) is 68.3 Å². The van der Waals surface area contributed by atoms with Crippen molar-refractivity contribution in [2.75, 3.05) is 105 Å². The van der Waals surface area contributed by atoms with Gasteiger partial charge < -0.3 is 49.3 Å². The van der Waals surface area contributed by atoms with Gasteiger partial charge in [0.1, 0.15) is 58.7 Å². The van der Waals surface area contributed by atoms with Crippen LogP contribution in [0.1, 0.15) is 14.4 Å². The van der Waals surface area contributed by atoms with Crippen LogP contribution in [-0.4, -0.2) is 147 Å². The Hall–Kier alpha value is -6.44. The Morgan fingerprint density at radius 3 is 1.65 bits per heavy atom. The number of aromatic nitrogens is 6.